The molecule has 4 aliphatic heterocycles. The van der Waals surface area contributed by atoms with E-state index >= 15 is 0 Å². The summed E-state index contributed by atoms with van der Waals surface area (Å²) in [6.45, 7) is 16.7. The Labute approximate surface area is 321 Å². The molecule has 4 saturated heterocycles. The van der Waals surface area contributed by atoms with E-state index in [1.54, 1.807) is 0 Å². The maximum Gasteiger partial charge on any atom is 0.408 e. The highest BCUT2D eigenvalue weighted by Crippen LogP contribution is 2.42. The Bertz CT molecular complexity index is 1670. The maximum atomic E-state index is 12.7. The Morgan fingerprint density at radius 1 is 0.827 bits per heavy atom. The van der Waals surface area contributed by atoms with Gasteiger partial charge in [-0.2, -0.15) is 13.5 Å². The van der Waals surface area contributed by atoms with Crippen LogP contribution in [0, 0.1) is 13.8 Å². The summed E-state index contributed by atoms with van der Waals surface area (Å²) in [5.41, 5.74) is 0.247. The molecule has 1 aromatic carbocycles. The maximum absolute atomic E-state index is 12.7. The Hall–Kier alpha value is -2.96. The Kier molecular flexibility index (Phi) is 12.2. The number of aryl methyl sites for hydroxylation is 2. The van der Waals surface area contributed by atoms with Gasteiger partial charge in [0.2, 0.25) is 0 Å². The average molecular weight is 738 g/mol. The molecule has 0 aliphatic carbocycles. The molecule has 11 nitrogen and oxygen atoms in total. The van der Waals surface area contributed by atoms with E-state index in [1.807, 2.05) is 58.0 Å². The number of hydrogen-bond acceptors (Lipinski definition) is 8. The second-order valence-corrected chi connectivity index (χ2v) is 16.9. The first-order valence-corrected chi connectivity index (χ1v) is 19.4. The zero-order chi connectivity index (χ0) is 38.2. The predicted molar refractivity (Wildman–Crippen MR) is 211 cm³/mol. The van der Waals surface area contributed by atoms with Crippen molar-refractivity contribution < 1.29 is 12.3 Å². The molecule has 4 aliphatic rings. The minimum absolute atomic E-state index is 0. The molecule has 6 heterocycles. The molecule has 3 aromatic rings. The molecule has 52 heavy (non-hydrogen) atoms. The second kappa shape index (κ2) is 17.0. The SMILES string of the molecule is Cc1nnc(C(C)C)n1C1CC2CCC(C1)N2.S.[2H]C([2H])(C[C@H](NC(=O)OC(C)(C)C)c1ccccc1)N1C2CCC1CC(n1c(C)nnc1C(C)C)C2. The van der Waals surface area contributed by atoms with Crippen molar-refractivity contribution in [1.82, 2.24) is 45.1 Å². The van der Waals surface area contributed by atoms with Gasteiger partial charge in [0.25, 0.3) is 0 Å². The highest BCUT2D eigenvalue weighted by molar-refractivity contribution is 7.59. The number of piperidine rings is 2. The van der Waals surface area contributed by atoms with Crippen LogP contribution in [0.5, 0.6) is 0 Å². The molecule has 4 bridgehead atoms. The van der Waals surface area contributed by atoms with Crippen LogP contribution < -0.4 is 10.6 Å². The van der Waals surface area contributed by atoms with Gasteiger partial charge in [0.15, 0.2) is 0 Å². The number of benzene rings is 1. The number of amides is 1. The van der Waals surface area contributed by atoms with Crippen molar-refractivity contribution in [3.63, 3.8) is 0 Å². The zero-order valence-electron chi connectivity index (χ0n) is 34.9. The summed E-state index contributed by atoms with van der Waals surface area (Å²) in [6, 6.07) is 11.7. The van der Waals surface area contributed by atoms with E-state index in [2.05, 4.69) is 79.7 Å². The number of ether oxygens (including phenoxy) is 1. The van der Waals surface area contributed by atoms with Gasteiger partial charge in [0, 0.05) is 57.3 Å². The van der Waals surface area contributed by atoms with Crippen molar-refractivity contribution in [2.45, 2.75) is 180 Å². The highest BCUT2D eigenvalue weighted by Gasteiger charge is 2.42. The summed E-state index contributed by atoms with van der Waals surface area (Å²) >= 11 is 0. The third-order valence-corrected chi connectivity index (χ3v) is 11.1. The number of fused-ring (bicyclic) bond motifs is 4. The molecule has 0 saturated carbocycles. The largest absolute Gasteiger partial charge is 0.444 e. The fourth-order valence-corrected chi connectivity index (χ4v) is 8.90. The fraction of sp³-hybridized carbons (Fsp3) is 0.725. The lowest BCUT2D eigenvalue weighted by molar-refractivity contribution is 0.0488. The lowest BCUT2D eigenvalue weighted by Gasteiger charge is -2.40. The normalized spacial score (nSPS) is 27.0. The quantitative estimate of drug-likeness (QED) is 0.229. The minimum Gasteiger partial charge on any atom is -0.444 e. The van der Waals surface area contributed by atoms with Gasteiger partial charge in [-0.1, -0.05) is 58.0 Å². The van der Waals surface area contributed by atoms with Crippen LogP contribution in [0.1, 0.15) is 168 Å². The van der Waals surface area contributed by atoms with Gasteiger partial charge in [-0.3, -0.25) is 4.90 Å². The summed E-state index contributed by atoms with van der Waals surface area (Å²) < 4.78 is 28.6. The van der Waals surface area contributed by atoms with E-state index in [-0.39, 0.29) is 38.0 Å². The molecule has 4 fully saturated rings. The summed E-state index contributed by atoms with van der Waals surface area (Å²) in [4.78, 5) is 14.7. The van der Waals surface area contributed by atoms with Crippen LogP contribution in [-0.4, -0.2) is 76.8 Å². The number of hydrogen-bond donors (Lipinski definition) is 2. The van der Waals surface area contributed by atoms with Crippen LogP contribution >= 0.6 is 13.5 Å². The van der Waals surface area contributed by atoms with Crippen LogP contribution in [0.2, 0.25) is 0 Å². The van der Waals surface area contributed by atoms with Crippen LogP contribution in [-0.2, 0) is 4.74 Å². The summed E-state index contributed by atoms with van der Waals surface area (Å²) in [6.07, 6.45) is 8.52. The van der Waals surface area contributed by atoms with Gasteiger partial charge in [0.1, 0.15) is 28.9 Å². The molecule has 5 atom stereocenters. The average Bonchev–Trinajstić information content (AvgIpc) is 3.83. The minimum atomic E-state index is -1.59. The second-order valence-electron chi connectivity index (χ2n) is 16.9. The first-order valence-electron chi connectivity index (χ1n) is 20.4. The number of nitrogens with one attached hydrogen (secondary N) is 2. The number of alkyl carbamates (subject to hydrolysis) is 1. The fourth-order valence-electron chi connectivity index (χ4n) is 8.90. The van der Waals surface area contributed by atoms with E-state index in [1.165, 1.54) is 25.7 Å². The monoisotopic (exact) mass is 738 g/mol. The Morgan fingerprint density at radius 3 is 1.81 bits per heavy atom. The molecule has 288 valence electrons. The van der Waals surface area contributed by atoms with Crippen molar-refractivity contribution in [3.05, 3.63) is 59.2 Å². The van der Waals surface area contributed by atoms with E-state index in [0.717, 1.165) is 66.6 Å². The van der Waals surface area contributed by atoms with Crippen molar-refractivity contribution in [3.8, 4) is 0 Å². The molecule has 4 unspecified atom stereocenters. The number of carbonyl (C=O) groups excluding carboxylic acids is 1. The molecule has 0 spiro atoms. The summed E-state index contributed by atoms with van der Waals surface area (Å²) in [5.74, 6) is 4.95. The topological polar surface area (TPSA) is 115 Å². The smallest absolute Gasteiger partial charge is 0.408 e. The van der Waals surface area contributed by atoms with Crippen molar-refractivity contribution in [2.24, 2.45) is 0 Å². The van der Waals surface area contributed by atoms with E-state index in [9.17, 15) is 7.54 Å². The molecule has 0 radical (unpaired) electrons. The standard InChI is InChI=1S/C27H41N5O2.C13H22N4.H2S/c1-18(2)25-30-29-19(3)32(25)23-16-21-12-13-22(17-23)31(21)15-14-24(20-10-8-7-9-11-20)28-26(33)34-27(4,5)6;1-8(2)13-16-15-9(3)17(13)12-6-10-4-5-11(7-12)14-10;/h7-11,18,21-24H,12-17H2,1-6H3,(H,28,33);8,10-12,14H,4-7H2,1-3H3;1H2/t21?,22?,23?,24-;;/m0../s1/i15D2;;. The van der Waals surface area contributed by atoms with Crippen LogP contribution in [0.15, 0.2) is 30.3 Å². The van der Waals surface area contributed by atoms with Gasteiger partial charge in [-0.15, -0.1) is 20.4 Å². The van der Waals surface area contributed by atoms with Gasteiger partial charge >= 0.3 is 6.09 Å². The Morgan fingerprint density at radius 2 is 1.33 bits per heavy atom. The van der Waals surface area contributed by atoms with Crippen molar-refractivity contribution in [1.29, 1.82) is 0 Å². The third-order valence-electron chi connectivity index (χ3n) is 11.1. The third kappa shape index (κ3) is 9.39. The summed E-state index contributed by atoms with van der Waals surface area (Å²) in [5, 5.41) is 24.0. The van der Waals surface area contributed by atoms with E-state index < -0.39 is 24.2 Å². The highest BCUT2D eigenvalue weighted by atomic mass is 32.1. The molecular weight excluding hydrogens is 671 g/mol. The lowest BCUT2D eigenvalue weighted by atomic mass is 9.95. The number of nitrogens with zero attached hydrogens (tertiary/aromatic N) is 7. The number of rotatable bonds is 9. The van der Waals surface area contributed by atoms with Crippen LogP contribution in [0.4, 0.5) is 4.79 Å². The predicted octanol–water partition coefficient (Wildman–Crippen LogP) is 7.81. The lowest BCUT2D eigenvalue weighted by Crippen LogP contribution is -2.45. The summed E-state index contributed by atoms with van der Waals surface area (Å²) in [7, 11) is 0. The molecule has 7 rings (SSSR count). The van der Waals surface area contributed by atoms with Crippen LogP contribution in [0.25, 0.3) is 0 Å². The van der Waals surface area contributed by atoms with Gasteiger partial charge < -0.3 is 24.5 Å². The molecule has 2 N–H and O–H groups in total. The van der Waals surface area contributed by atoms with Gasteiger partial charge in [-0.25, -0.2) is 4.79 Å². The van der Waals surface area contributed by atoms with Gasteiger partial charge in [-0.05, 0) is 98.0 Å². The first-order chi connectivity index (χ1) is 25.0. The molecule has 1 amide bonds. The molecule has 12 heteroatoms. The van der Waals surface area contributed by atoms with E-state index in [0.29, 0.717) is 17.9 Å². The molecule has 2 aromatic heterocycles. The Balaban J connectivity index is 0.000000259. The van der Waals surface area contributed by atoms with Gasteiger partial charge in [0.05, 0.1) is 6.04 Å². The van der Waals surface area contributed by atoms with Crippen molar-refractivity contribution in [2.75, 3.05) is 6.50 Å². The number of aromatic nitrogens is 6. The first kappa shape index (κ1) is 37.4. The molecular formula is C40H65N9O2S. The van der Waals surface area contributed by atoms with Crippen molar-refractivity contribution >= 4 is 19.6 Å². The number of carbonyl (C=O) groups is 1. The zero-order valence-corrected chi connectivity index (χ0v) is 33.9. The van der Waals surface area contributed by atoms with E-state index in [4.69, 9.17) is 4.74 Å². The van der Waals surface area contributed by atoms with Crippen LogP contribution in [0.3, 0.4) is 0 Å².